The fourth-order valence-electron chi connectivity index (χ4n) is 2.63. The number of aromatic amines is 1. The van der Waals surface area contributed by atoms with Crippen LogP contribution in [0.2, 0.25) is 0 Å². The topological polar surface area (TPSA) is 102 Å². The van der Waals surface area contributed by atoms with Crippen molar-refractivity contribution in [3.8, 4) is 22.9 Å². The first kappa shape index (κ1) is 16.2. The molecule has 0 aliphatic rings. The Labute approximate surface area is 154 Å². The van der Waals surface area contributed by atoms with Crippen molar-refractivity contribution >= 4 is 32.5 Å². The Bertz CT molecular complexity index is 1210. The molecule has 4 rings (SSSR count). The molecule has 0 saturated carbocycles. The summed E-state index contributed by atoms with van der Waals surface area (Å²) in [6, 6.07) is 14.9. The van der Waals surface area contributed by atoms with Gasteiger partial charge in [0.1, 0.15) is 5.76 Å². The number of furan rings is 1. The van der Waals surface area contributed by atoms with E-state index in [1.54, 1.807) is 42.5 Å². The Morgan fingerprint density at radius 2 is 1.85 bits per heavy atom. The molecule has 0 radical (unpaired) electrons. The van der Waals surface area contributed by atoms with Gasteiger partial charge in [0.2, 0.25) is 0 Å². The van der Waals surface area contributed by atoms with Gasteiger partial charge in [0.05, 0.1) is 15.8 Å². The highest BCUT2D eigenvalue weighted by atomic mass is 79.9. The molecule has 2 aromatic heterocycles. The van der Waals surface area contributed by atoms with Crippen LogP contribution in [0.15, 0.2) is 68.3 Å². The van der Waals surface area contributed by atoms with E-state index >= 15 is 0 Å². The predicted octanol–water partition coefficient (Wildman–Crippen LogP) is 4.52. The highest BCUT2D eigenvalue weighted by Gasteiger charge is 2.15. The van der Waals surface area contributed by atoms with Crippen LogP contribution < -0.4 is 5.56 Å². The third-order valence-corrected chi connectivity index (χ3v) is 4.54. The lowest BCUT2D eigenvalue weighted by atomic mass is 10.1. The van der Waals surface area contributed by atoms with Crippen molar-refractivity contribution in [3.05, 3.63) is 79.5 Å². The molecule has 2 aromatic carbocycles. The lowest BCUT2D eigenvalue weighted by Gasteiger charge is -2.02. The molecule has 0 aliphatic carbocycles. The van der Waals surface area contributed by atoms with Crippen LogP contribution in [0.1, 0.15) is 0 Å². The van der Waals surface area contributed by atoms with Crippen LogP contribution >= 0.6 is 15.9 Å². The van der Waals surface area contributed by atoms with Gasteiger partial charge in [-0.1, -0.05) is 12.1 Å². The molecule has 2 heterocycles. The standard InChI is InChI=1S/C18H10BrN3O4/c19-13-9-10(22(24)25)5-6-11(13)15-7-8-16(26-15)17-20-14-4-2-1-3-12(14)18(23)21-17/h1-9H,(H,20,21,23). The van der Waals surface area contributed by atoms with Gasteiger partial charge in [-0.3, -0.25) is 14.9 Å². The number of non-ortho nitro benzene ring substituents is 1. The quantitative estimate of drug-likeness (QED) is 0.394. The zero-order chi connectivity index (χ0) is 18.3. The van der Waals surface area contributed by atoms with E-state index < -0.39 is 4.92 Å². The fourth-order valence-corrected chi connectivity index (χ4v) is 3.19. The second-order valence-corrected chi connectivity index (χ2v) is 6.37. The number of fused-ring (bicyclic) bond motifs is 1. The molecule has 26 heavy (non-hydrogen) atoms. The zero-order valence-electron chi connectivity index (χ0n) is 13.1. The van der Waals surface area contributed by atoms with Gasteiger partial charge in [0.15, 0.2) is 11.6 Å². The van der Waals surface area contributed by atoms with E-state index in [-0.39, 0.29) is 11.2 Å². The first-order chi connectivity index (χ1) is 12.5. The fraction of sp³-hybridized carbons (Fsp3) is 0. The molecule has 128 valence electrons. The van der Waals surface area contributed by atoms with E-state index in [4.69, 9.17) is 4.42 Å². The third-order valence-electron chi connectivity index (χ3n) is 3.88. The van der Waals surface area contributed by atoms with Crippen LogP contribution in [0.3, 0.4) is 0 Å². The first-order valence-corrected chi connectivity index (χ1v) is 8.36. The summed E-state index contributed by atoms with van der Waals surface area (Å²) in [6.07, 6.45) is 0. The molecule has 8 heteroatoms. The molecular weight excluding hydrogens is 402 g/mol. The molecule has 0 saturated heterocycles. The van der Waals surface area contributed by atoms with Gasteiger partial charge in [0.25, 0.3) is 11.2 Å². The molecule has 0 amide bonds. The summed E-state index contributed by atoms with van der Waals surface area (Å²) in [5.41, 5.74) is 0.957. The van der Waals surface area contributed by atoms with E-state index in [0.29, 0.717) is 38.3 Å². The maximum Gasteiger partial charge on any atom is 0.270 e. The highest BCUT2D eigenvalue weighted by Crippen LogP contribution is 2.34. The maximum atomic E-state index is 12.2. The molecule has 0 unspecified atom stereocenters. The van der Waals surface area contributed by atoms with Crippen LogP contribution in [0.25, 0.3) is 33.8 Å². The largest absolute Gasteiger partial charge is 0.453 e. The minimum Gasteiger partial charge on any atom is -0.453 e. The van der Waals surface area contributed by atoms with Crippen LogP contribution in [0.5, 0.6) is 0 Å². The summed E-state index contributed by atoms with van der Waals surface area (Å²) < 4.78 is 6.34. The summed E-state index contributed by atoms with van der Waals surface area (Å²) in [5, 5.41) is 11.3. The summed E-state index contributed by atoms with van der Waals surface area (Å²) >= 11 is 3.32. The van der Waals surface area contributed by atoms with Crippen LogP contribution in [0.4, 0.5) is 5.69 Å². The number of H-pyrrole nitrogens is 1. The normalized spacial score (nSPS) is 11.0. The molecule has 4 aromatic rings. The van der Waals surface area contributed by atoms with Crippen molar-refractivity contribution in [2.75, 3.05) is 0 Å². The lowest BCUT2D eigenvalue weighted by molar-refractivity contribution is -0.384. The predicted molar refractivity (Wildman–Crippen MR) is 99.9 cm³/mol. The van der Waals surface area contributed by atoms with Crippen molar-refractivity contribution < 1.29 is 9.34 Å². The molecule has 0 atom stereocenters. The highest BCUT2D eigenvalue weighted by molar-refractivity contribution is 9.10. The van der Waals surface area contributed by atoms with E-state index in [9.17, 15) is 14.9 Å². The number of nitrogens with zero attached hydrogens (tertiary/aromatic N) is 2. The smallest absolute Gasteiger partial charge is 0.270 e. The average molecular weight is 412 g/mol. The van der Waals surface area contributed by atoms with Gasteiger partial charge in [-0.15, -0.1) is 0 Å². The number of aromatic nitrogens is 2. The monoisotopic (exact) mass is 411 g/mol. The van der Waals surface area contributed by atoms with Crippen molar-refractivity contribution in [1.82, 2.24) is 9.97 Å². The number of hydrogen-bond acceptors (Lipinski definition) is 5. The molecule has 1 N–H and O–H groups in total. The third kappa shape index (κ3) is 2.80. The van der Waals surface area contributed by atoms with Gasteiger partial charge in [0, 0.05) is 22.2 Å². The summed E-state index contributed by atoms with van der Waals surface area (Å²) in [7, 11) is 0. The van der Waals surface area contributed by atoms with Crippen molar-refractivity contribution in [2.45, 2.75) is 0 Å². The Balaban J connectivity index is 1.77. The minimum absolute atomic E-state index is 0.0204. The SMILES string of the molecule is O=c1[nH]c(-c2ccc(-c3ccc([N+](=O)[O-])cc3Br)o2)nc2ccccc12. The minimum atomic E-state index is -0.466. The molecule has 0 aliphatic heterocycles. The van der Waals surface area contributed by atoms with Gasteiger partial charge >= 0.3 is 0 Å². The maximum absolute atomic E-state index is 12.2. The number of nitrogens with one attached hydrogen (secondary N) is 1. The molecule has 0 bridgehead atoms. The Kier molecular flexibility index (Phi) is 3.89. The lowest BCUT2D eigenvalue weighted by Crippen LogP contribution is -2.08. The molecule has 0 fully saturated rings. The van der Waals surface area contributed by atoms with E-state index in [0.717, 1.165) is 0 Å². The Morgan fingerprint density at radius 1 is 1.08 bits per heavy atom. The van der Waals surface area contributed by atoms with Crippen LogP contribution in [-0.4, -0.2) is 14.9 Å². The van der Waals surface area contributed by atoms with Gasteiger partial charge < -0.3 is 9.40 Å². The van der Waals surface area contributed by atoms with Crippen LogP contribution in [-0.2, 0) is 0 Å². The average Bonchev–Trinajstić information content (AvgIpc) is 3.11. The summed E-state index contributed by atoms with van der Waals surface area (Å²) in [6.45, 7) is 0. The second-order valence-electron chi connectivity index (χ2n) is 5.52. The summed E-state index contributed by atoms with van der Waals surface area (Å²) in [5.74, 6) is 1.21. The van der Waals surface area contributed by atoms with Gasteiger partial charge in [-0.2, -0.15) is 0 Å². The number of halogens is 1. The van der Waals surface area contributed by atoms with Crippen molar-refractivity contribution in [2.24, 2.45) is 0 Å². The number of nitro benzene ring substituents is 1. The number of rotatable bonds is 3. The zero-order valence-corrected chi connectivity index (χ0v) is 14.7. The summed E-state index contributed by atoms with van der Waals surface area (Å²) in [4.78, 5) is 29.7. The van der Waals surface area contributed by atoms with E-state index in [1.165, 1.54) is 12.1 Å². The first-order valence-electron chi connectivity index (χ1n) is 7.56. The number of hydrogen-bond donors (Lipinski definition) is 1. The number of para-hydroxylation sites is 1. The van der Waals surface area contributed by atoms with E-state index in [2.05, 4.69) is 25.9 Å². The van der Waals surface area contributed by atoms with E-state index in [1.807, 2.05) is 0 Å². The Hall–Kier alpha value is -3.26. The second kappa shape index (κ2) is 6.23. The number of benzene rings is 2. The van der Waals surface area contributed by atoms with Gasteiger partial charge in [-0.25, -0.2) is 4.98 Å². The van der Waals surface area contributed by atoms with Gasteiger partial charge in [-0.05, 0) is 46.3 Å². The Morgan fingerprint density at radius 3 is 2.62 bits per heavy atom. The number of nitro groups is 1. The molecule has 7 nitrogen and oxygen atoms in total. The molecular formula is C18H10BrN3O4. The molecule has 0 spiro atoms. The van der Waals surface area contributed by atoms with Crippen molar-refractivity contribution in [3.63, 3.8) is 0 Å². The van der Waals surface area contributed by atoms with Crippen molar-refractivity contribution in [1.29, 1.82) is 0 Å². The van der Waals surface area contributed by atoms with Crippen LogP contribution in [0, 0.1) is 10.1 Å².